The molecule has 0 bridgehead atoms. The van der Waals surface area contributed by atoms with Crippen molar-refractivity contribution in [1.82, 2.24) is 5.32 Å². The van der Waals surface area contributed by atoms with Gasteiger partial charge in [0.2, 0.25) is 0 Å². The summed E-state index contributed by atoms with van der Waals surface area (Å²) >= 11 is 0. The van der Waals surface area contributed by atoms with E-state index in [1.54, 1.807) is 0 Å². The molecule has 0 aliphatic heterocycles. The lowest BCUT2D eigenvalue weighted by atomic mass is 9.81. The molecule has 1 fully saturated rings. The van der Waals surface area contributed by atoms with E-state index in [9.17, 15) is 0 Å². The second-order valence-electron chi connectivity index (χ2n) is 7.01. The van der Waals surface area contributed by atoms with Crippen LogP contribution in [-0.2, 0) is 5.41 Å². The van der Waals surface area contributed by atoms with Gasteiger partial charge in [0.1, 0.15) is 0 Å². The zero-order valence-electron chi connectivity index (χ0n) is 12.8. The van der Waals surface area contributed by atoms with Crippen molar-refractivity contribution < 1.29 is 0 Å². The van der Waals surface area contributed by atoms with Gasteiger partial charge in [0, 0.05) is 18.5 Å². The third-order valence-electron chi connectivity index (χ3n) is 4.57. The molecule has 0 amide bonds. The van der Waals surface area contributed by atoms with Crippen molar-refractivity contribution in [2.24, 2.45) is 11.1 Å². The van der Waals surface area contributed by atoms with E-state index < -0.39 is 0 Å². The number of benzene rings is 1. The predicted octanol–water partition coefficient (Wildman–Crippen LogP) is 2.91. The summed E-state index contributed by atoms with van der Waals surface area (Å²) in [5, 5.41) is 3.64. The van der Waals surface area contributed by atoms with E-state index in [0.29, 0.717) is 5.41 Å². The molecule has 0 spiro atoms. The molecule has 0 radical (unpaired) electrons. The summed E-state index contributed by atoms with van der Waals surface area (Å²) in [6.07, 6.45) is 2.58. The maximum absolute atomic E-state index is 5.83. The van der Waals surface area contributed by atoms with E-state index in [0.717, 1.165) is 19.6 Å². The number of hydrogen-bond donors (Lipinski definition) is 2. The van der Waals surface area contributed by atoms with E-state index in [1.807, 2.05) is 0 Å². The highest BCUT2D eigenvalue weighted by molar-refractivity contribution is 5.35. The Balaban J connectivity index is 1.97. The van der Waals surface area contributed by atoms with Gasteiger partial charge in [-0.3, -0.25) is 0 Å². The second-order valence-corrected chi connectivity index (χ2v) is 7.01. The Kier molecular flexibility index (Phi) is 4.03. The first kappa shape index (κ1) is 14.5. The van der Waals surface area contributed by atoms with Gasteiger partial charge >= 0.3 is 0 Å². The quantitative estimate of drug-likeness (QED) is 0.825. The molecule has 1 aromatic rings. The highest BCUT2D eigenvalue weighted by Crippen LogP contribution is 2.43. The molecule has 1 aromatic carbocycles. The molecule has 0 atom stereocenters. The monoisotopic (exact) mass is 260 g/mol. The SMILES string of the molecule is Cc1ccc(C(C)(C)CNCC2(CN)CC2)c(C)c1. The summed E-state index contributed by atoms with van der Waals surface area (Å²) in [5.74, 6) is 0. The zero-order valence-corrected chi connectivity index (χ0v) is 12.8. The molecule has 3 N–H and O–H groups in total. The fourth-order valence-corrected chi connectivity index (χ4v) is 2.94. The number of hydrogen-bond acceptors (Lipinski definition) is 2. The normalized spacial score (nSPS) is 17.5. The van der Waals surface area contributed by atoms with Gasteiger partial charge in [-0.05, 0) is 49.8 Å². The summed E-state index contributed by atoms with van der Waals surface area (Å²) < 4.78 is 0. The van der Waals surface area contributed by atoms with Crippen LogP contribution in [0, 0.1) is 19.3 Å². The van der Waals surface area contributed by atoms with Gasteiger partial charge in [0.05, 0.1) is 0 Å². The van der Waals surface area contributed by atoms with Gasteiger partial charge < -0.3 is 11.1 Å². The largest absolute Gasteiger partial charge is 0.330 e. The Morgan fingerprint density at radius 3 is 2.47 bits per heavy atom. The average Bonchev–Trinajstić information content (AvgIpc) is 3.09. The Morgan fingerprint density at radius 1 is 1.26 bits per heavy atom. The fourth-order valence-electron chi connectivity index (χ4n) is 2.94. The molecule has 0 unspecified atom stereocenters. The Bertz CT molecular complexity index is 445. The third-order valence-corrected chi connectivity index (χ3v) is 4.57. The molecular formula is C17H28N2. The standard InChI is InChI=1S/C17H28N2/c1-13-5-6-15(14(2)9-13)16(3,4)11-19-12-17(10-18)7-8-17/h5-6,9,19H,7-8,10-12,18H2,1-4H3. The lowest BCUT2D eigenvalue weighted by molar-refractivity contribution is 0.409. The highest BCUT2D eigenvalue weighted by Gasteiger charge is 2.40. The average molecular weight is 260 g/mol. The van der Waals surface area contributed by atoms with Crippen LogP contribution in [0.25, 0.3) is 0 Å². The lowest BCUT2D eigenvalue weighted by Gasteiger charge is -2.29. The number of aryl methyl sites for hydroxylation is 2. The van der Waals surface area contributed by atoms with Gasteiger partial charge in [-0.1, -0.05) is 37.6 Å². The summed E-state index contributed by atoms with van der Waals surface area (Å²) in [5.41, 5.74) is 10.6. The van der Waals surface area contributed by atoms with E-state index in [2.05, 4.69) is 51.2 Å². The molecule has 2 heteroatoms. The fraction of sp³-hybridized carbons (Fsp3) is 0.647. The molecule has 106 valence electrons. The maximum atomic E-state index is 5.83. The molecule has 1 aliphatic rings. The summed E-state index contributed by atoms with van der Waals surface area (Å²) in [6, 6.07) is 6.77. The molecule has 1 aliphatic carbocycles. The number of rotatable bonds is 6. The van der Waals surface area contributed by atoms with E-state index in [4.69, 9.17) is 5.73 Å². The van der Waals surface area contributed by atoms with Crippen molar-refractivity contribution >= 4 is 0 Å². The van der Waals surface area contributed by atoms with Crippen LogP contribution in [0.3, 0.4) is 0 Å². The molecule has 0 saturated heterocycles. The van der Waals surface area contributed by atoms with Crippen LogP contribution in [0.4, 0.5) is 0 Å². The summed E-state index contributed by atoms with van der Waals surface area (Å²) in [7, 11) is 0. The minimum Gasteiger partial charge on any atom is -0.330 e. The van der Waals surface area contributed by atoms with Crippen LogP contribution < -0.4 is 11.1 Å². The summed E-state index contributed by atoms with van der Waals surface area (Å²) in [4.78, 5) is 0. The summed E-state index contributed by atoms with van der Waals surface area (Å²) in [6.45, 7) is 11.9. The molecule has 1 saturated carbocycles. The topological polar surface area (TPSA) is 38.0 Å². The van der Waals surface area contributed by atoms with Crippen molar-refractivity contribution in [2.75, 3.05) is 19.6 Å². The first-order chi connectivity index (χ1) is 8.88. The number of nitrogens with one attached hydrogen (secondary N) is 1. The molecular weight excluding hydrogens is 232 g/mol. The van der Waals surface area contributed by atoms with Crippen molar-refractivity contribution in [1.29, 1.82) is 0 Å². The van der Waals surface area contributed by atoms with Crippen LogP contribution in [0.2, 0.25) is 0 Å². The first-order valence-corrected chi connectivity index (χ1v) is 7.37. The first-order valence-electron chi connectivity index (χ1n) is 7.37. The van der Waals surface area contributed by atoms with Crippen LogP contribution >= 0.6 is 0 Å². The van der Waals surface area contributed by atoms with Crippen molar-refractivity contribution in [3.8, 4) is 0 Å². The van der Waals surface area contributed by atoms with Crippen LogP contribution in [0.1, 0.15) is 43.4 Å². The van der Waals surface area contributed by atoms with Gasteiger partial charge in [0.25, 0.3) is 0 Å². The highest BCUT2D eigenvalue weighted by atomic mass is 14.9. The van der Waals surface area contributed by atoms with Gasteiger partial charge in [-0.25, -0.2) is 0 Å². The Morgan fingerprint density at radius 2 is 1.95 bits per heavy atom. The van der Waals surface area contributed by atoms with Crippen LogP contribution in [0.5, 0.6) is 0 Å². The van der Waals surface area contributed by atoms with Gasteiger partial charge in [0.15, 0.2) is 0 Å². The molecule has 0 aromatic heterocycles. The third kappa shape index (κ3) is 3.37. The molecule has 2 rings (SSSR count). The molecule has 19 heavy (non-hydrogen) atoms. The predicted molar refractivity (Wildman–Crippen MR) is 82.5 cm³/mol. The van der Waals surface area contributed by atoms with E-state index in [-0.39, 0.29) is 5.41 Å². The maximum Gasteiger partial charge on any atom is 0.00435 e. The van der Waals surface area contributed by atoms with E-state index >= 15 is 0 Å². The van der Waals surface area contributed by atoms with Crippen LogP contribution in [0.15, 0.2) is 18.2 Å². The smallest absolute Gasteiger partial charge is 0.00435 e. The van der Waals surface area contributed by atoms with Crippen molar-refractivity contribution in [2.45, 2.75) is 46.0 Å². The Hall–Kier alpha value is -0.860. The van der Waals surface area contributed by atoms with Crippen molar-refractivity contribution in [3.63, 3.8) is 0 Å². The van der Waals surface area contributed by atoms with Gasteiger partial charge in [-0.15, -0.1) is 0 Å². The van der Waals surface area contributed by atoms with Gasteiger partial charge in [-0.2, -0.15) is 0 Å². The minimum absolute atomic E-state index is 0.169. The Labute approximate surface area is 117 Å². The van der Waals surface area contributed by atoms with Crippen molar-refractivity contribution in [3.05, 3.63) is 34.9 Å². The zero-order chi connectivity index (χ0) is 14.1. The second kappa shape index (κ2) is 5.26. The van der Waals surface area contributed by atoms with E-state index in [1.165, 1.54) is 29.5 Å². The molecule has 2 nitrogen and oxygen atoms in total. The minimum atomic E-state index is 0.169. The number of nitrogens with two attached hydrogens (primary N) is 1. The lowest BCUT2D eigenvalue weighted by Crippen LogP contribution is -2.38. The van der Waals surface area contributed by atoms with Crippen LogP contribution in [-0.4, -0.2) is 19.6 Å². The molecule has 0 heterocycles.